The van der Waals surface area contributed by atoms with Crippen molar-refractivity contribution in [2.24, 2.45) is 5.92 Å². The molecular formula is C18H24ClN3O2. The molecule has 0 aromatic heterocycles. The van der Waals surface area contributed by atoms with E-state index in [1.54, 1.807) is 6.07 Å². The fourth-order valence-electron chi connectivity index (χ4n) is 4.15. The molecule has 0 aliphatic carbocycles. The van der Waals surface area contributed by atoms with Gasteiger partial charge in [-0.25, -0.2) is 0 Å². The van der Waals surface area contributed by atoms with Crippen molar-refractivity contribution in [3.8, 4) is 5.75 Å². The zero-order chi connectivity index (χ0) is 16.7. The Kier molecular flexibility index (Phi) is 4.31. The number of hydrogen-bond donors (Lipinski definition) is 1. The molecule has 3 fully saturated rings. The van der Waals surface area contributed by atoms with Crippen LogP contribution in [0.3, 0.4) is 0 Å². The van der Waals surface area contributed by atoms with Crippen LogP contribution in [0.25, 0.3) is 0 Å². The van der Waals surface area contributed by atoms with Crippen LogP contribution >= 0.6 is 11.6 Å². The first-order chi connectivity index (χ1) is 11.6. The lowest BCUT2D eigenvalue weighted by Gasteiger charge is -2.45. The molecule has 4 heterocycles. The monoisotopic (exact) mass is 349 g/mol. The number of fused-ring (bicyclic) bond motifs is 4. The summed E-state index contributed by atoms with van der Waals surface area (Å²) >= 11 is 6.28. The molecular weight excluding hydrogens is 326 g/mol. The first-order valence-electron chi connectivity index (χ1n) is 8.82. The van der Waals surface area contributed by atoms with Crippen LogP contribution < -0.4 is 15.0 Å². The third-order valence-electron chi connectivity index (χ3n) is 5.55. The van der Waals surface area contributed by atoms with Crippen molar-refractivity contribution >= 4 is 23.2 Å². The Balaban J connectivity index is 1.60. The highest BCUT2D eigenvalue weighted by molar-refractivity contribution is 6.31. The maximum absolute atomic E-state index is 12.9. The van der Waals surface area contributed by atoms with Gasteiger partial charge in [-0.1, -0.05) is 11.6 Å². The van der Waals surface area contributed by atoms with E-state index >= 15 is 0 Å². The van der Waals surface area contributed by atoms with Gasteiger partial charge in [-0.05, 0) is 50.4 Å². The number of piperidine rings is 3. The lowest BCUT2D eigenvalue weighted by molar-refractivity contribution is 0.0618. The van der Waals surface area contributed by atoms with E-state index in [1.165, 1.54) is 12.8 Å². The fourth-order valence-corrected chi connectivity index (χ4v) is 4.37. The number of nitrogens with one attached hydrogen (secondary N) is 1. The quantitative estimate of drug-likeness (QED) is 0.890. The van der Waals surface area contributed by atoms with E-state index < -0.39 is 0 Å². The van der Waals surface area contributed by atoms with Gasteiger partial charge in [0.15, 0.2) is 5.75 Å². The van der Waals surface area contributed by atoms with Gasteiger partial charge in [0.1, 0.15) is 0 Å². The van der Waals surface area contributed by atoms with Gasteiger partial charge in [0.25, 0.3) is 5.91 Å². The molecule has 4 aliphatic heterocycles. The number of hydrogen-bond acceptors (Lipinski definition) is 4. The van der Waals surface area contributed by atoms with Crippen LogP contribution in [0.4, 0.5) is 5.69 Å². The van der Waals surface area contributed by atoms with E-state index in [4.69, 9.17) is 16.3 Å². The molecule has 1 aromatic rings. The molecule has 1 unspecified atom stereocenters. The topological polar surface area (TPSA) is 44.8 Å². The Labute approximate surface area is 147 Å². The van der Waals surface area contributed by atoms with Crippen LogP contribution in [0.2, 0.25) is 5.02 Å². The average molecular weight is 350 g/mol. The summed E-state index contributed by atoms with van der Waals surface area (Å²) in [7, 11) is 2.01. The molecule has 0 radical (unpaired) electrons. The van der Waals surface area contributed by atoms with Crippen molar-refractivity contribution in [1.82, 2.24) is 10.2 Å². The molecule has 24 heavy (non-hydrogen) atoms. The summed E-state index contributed by atoms with van der Waals surface area (Å²) in [6.07, 6.45) is 3.29. The van der Waals surface area contributed by atoms with E-state index in [-0.39, 0.29) is 11.9 Å². The SMILES string of the molecule is CN1CCCOc2c(C(=O)NC3CN4CCC3CC4)cc(Cl)cc21. The van der Waals surface area contributed by atoms with Crippen molar-refractivity contribution in [1.29, 1.82) is 0 Å². The van der Waals surface area contributed by atoms with E-state index in [9.17, 15) is 4.79 Å². The Morgan fingerprint density at radius 2 is 2.08 bits per heavy atom. The number of rotatable bonds is 2. The van der Waals surface area contributed by atoms with E-state index in [2.05, 4.69) is 15.1 Å². The maximum atomic E-state index is 12.9. The summed E-state index contributed by atoms with van der Waals surface area (Å²) in [6, 6.07) is 3.85. The number of carbonyl (C=O) groups excluding carboxylic acids is 1. The maximum Gasteiger partial charge on any atom is 0.255 e. The number of anilines is 1. The van der Waals surface area contributed by atoms with Crippen molar-refractivity contribution in [3.05, 3.63) is 22.7 Å². The molecule has 1 N–H and O–H groups in total. The van der Waals surface area contributed by atoms with Crippen molar-refractivity contribution in [3.63, 3.8) is 0 Å². The first kappa shape index (κ1) is 16.0. The van der Waals surface area contributed by atoms with Crippen LogP contribution in [-0.4, -0.2) is 56.7 Å². The molecule has 0 saturated carbocycles. The predicted octanol–water partition coefficient (Wildman–Crippen LogP) is 2.38. The lowest BCUT2D eigenvalue weighted by atomic mass is 9.84. The molecule has 1 amide bonds. The molecule has 0 spiro atoms. The number of benzene rings is 1. The average Bonchev–Trinajstić information content (AvgIpc) is 2.77. The minimum atomic E-state index is -0.0669. The number of amides is 1. The van der Waals surface area contributed by atoms with Gasteiger partial charge in [-0.2, -0.15) is 0 Å². The molecule has 2 bridgehead atoms. The molecule has 3 saturated heterocycles. The zero-order valence-electron chi connectivity index (χ0n) is 14.1. The zero-order valence-corrected chi connectivity index (χ0v) is 14.8. The molecule has 1 aromatic carbocycles. The summed E-state index contributed by atoms with van der Waals surface area (Å²) in [4.78, 5) is 17.5. The highest BCUT2D eigenvalue weighted by Crippen LogP contribution is 2.37. The van der Waals surface area contributed by atoms with Gasteiger partial charge < -0.3 is 19.9 Å². The molecule has 6 heteroatoms. The number of ether oxygens (including phenoxy) is 1. The Morgan fingerprint density at radius 1 is 1.29 bits per heavy atom. The van der Waals surface area contributed by atoms with Crippen molar-refractivity contribution < 1.29 is 9.53 Å². The second-order valence-corrected chi connectivity index (χ2v) is 7.58. The highest BCUT2D eigenvalue weighted by atomic mass is 35.5. The molecule has 5 nitrogen and oxygen atoms in total. The second-order valence-electron chi connectivity index (χ2n) is 7.14. The predicted molar refractivity (Wildman–Crippen MR) is 95.3 cm³/mol. The van der Waals surface area contributed by atoms with Gasteiger partial charge in [0.2, 0.25) is 0 Å². The van der Waals surface area contributed by atoms with Gasteiger partial charge in [0, 0.05) is 31.2 Å². The summed E-state index contributed by atoms with van der Waals surface area (Å²) in [6.45, 7) is 4.81. The van der Waals surface area contributed by atoms with E-state index in [1.807, 2.05) is 13.1 Å². The third kappa shape index (κ3) is 2.95. The summed E-state index contributed by atoms with van der Waals surface area (Å²) < 4.78 is 5.91. The van der Waals surface area contributed by atoms with Crippen LogP contribution in [-0.2, 0) is 0 Å². The largest absolute Gasteiger partial charge is 0.490 e. The van der Waals surface area contributed by atoms with Gasteiger partial charge in [-0.15, -0.1) is 0 Å². The normalized spacial score (nSPS) is 28.8. The molecule has 4 aliphatic rings. The molecule has 5 rings (SSSR count). The molecule has 130 valence electrons. The summed E-state index contributed by atoms with van der Waals surface area (Å²) in [5.41, 5.74) is 1.46. The summed E-state index contributed by atoms with van der Waals surface area (Å²) in [5.74, 6) is 1.20. The number of nitrogens with zero attached hydrogens (tertiary/aromatic N) is 2. The lowest BCUT2D eigenvalue weighted by Crippen LogP contribution is -2.57. The highest BCUT2D eigenvalue weighted by Gasteiger charge is 2.35. The van der Waals surface area contributed by atoms with E-state index in [0.717, 1.165) is 38.3 Å². The first-order valence-corrected chi connectivity index (χ1v) is 9.20. The minimum absolute atomic E-state index is 0.0669. The Morgan fingerprint density at radius 3 is 2.79 bits per heavy atom. The minimum Gasteiger partial charge on any atom is -0.490 e. The van der Waals surface area contributed by atoms with Crippen LogP contribution in [0, 0.1) is 5.92 Å². The fraction of sp³-hybridized carbons (Fsp3) is 0.611. The number of carbonyl (C=O) groups is 1. The Hall–Kier alpha value is -1.46. The summed E-state index contributed by atoms with van der Waals surface area (Å²) in [5, 5.41) is 3.82. The van der Waals surface area contributed by atoms with Gasteiger partial charge in [0.05, 0.1) is 17.9 Å². The van der Waals surface area contributed by atoms with Crippen LogP contribution in [0.15, 0.2) is 12.1 Å². The van der Waals surface area contributed by atoms with Crippen LogP contribution in [0.1, 0.15) is 29.6 Å². The van der Waals surface area contributed by atoms with Gasteiger partial charge in [-0.3, -0.25) is 4.79 Å². The molecule has 1 atom stereocenters. The van der Waals surface area contributed by atoms with Gasteiger partial charge >= 0.3 is 0 Å². The third-order valence-corrected chi connectivity index (χ3v) is 5.77. The Bertz CT molecular complexity index is 643. The smallest absolute Gasteiger partial charge is 0.255 e. The standard InChI is InChI=1S/C18H24ClN3O2/c1-21-5-2-8-24-17-14(9-13(19)10-16(17)21)18(23)20-15-11-22-6-3-12(15)4-7-22/h9-10,12,15H,2-8,11H2,1H3,(H,20,23). The van der Waals surface area contributed by atoms with Crippen molar-refractivity contribution in [2.45, 2.75) is 25.3 Å². The van der Waals surface area contributed by atoms with E-state index in [0.29, 0.717) is 28.9 Å². The van der Waals surface area contributed by atoms with Crippen molar-refractivity contribution in [2.75, 3.05) is 44.7 Å². The second kappa shape index (κ2) is 6.45. The number of halogens is 1. The van der Waals surface area contributed by atoms with Crippen LogP contribution in [0.5, 0.6) is 5.75 Å².